The number of ether oxygens (including phenoxy) is 1. The average Bonchev–Trinajstić information content (AvgIpc) is 3.09. The number of piperidine rings is 1. The van der Waals surface area contributed by atoms with Gasteiger partial charge in [0.25, 0.3) is 0 Å². The van der Waals surface area contributed by atoms with Crippen LogP contribution in [0, 0.1) is 0 Å². The summed E-state index contributed by atoms with van der Waals surface area (Å²) in [5, 5.41) is 4.22. The molecule has 0 saturated carbocycles. The fraction of sp³-hybridized carbons (Fsp3) is 0.364. The summed E-state index contributed by atoms with van der Waals surface area (Å²) in [6.45, 7) is 3.13. The molecule has 2 aliphatic rings. The van der Waals surface area contributed by atoms with Crippen molar-refractivity contribution in [3.63, 3.8) is 0 Å². The summed E-state index contributed by atoms with van der Waals surface area (Å²) < 4.78 is 6.30. The Bertz CT molecular complexity index is 1000. The predicted octanol–water partition coefficient (Wildman–Crippen LogP) is 3.45. The van der Waals surface area contributed by atoms with Crippen LogP contribution in [0.1, 0.15) is 30.5 Å². The number of hydrogen-bond acceptors (Lipinski definition) is 3. The van der Waals surface area contributed by atoms with Gasteiger partial charge in [-0.05, 0) is 37.5 Å². The van der Waals surface area contributed by atoms with E-state index in [0.717, 1.165) is 18.4 Å². The fourth-order valence-electron chi connectivity index (χ4n) is 4.73. The Morgan fingerprint density at radius 2 is 2.14 bits per heavy atom. The molecule has 0 spiro atoms. The van der Waals surface area contributed by atoms with Gasteiger partial charge in [-0.1, -0.05) is 24.3 Å². The molecule has 1 aliphatic carbocycles. The van der Waals surface area contributed by atoms with Crippen LogP contribution < -0.4 is 10.1 Å². The molecule has 6 nitrogen and oxygen atoms in total. The van der Waals surface area contributed by atoms with E-state index in [4.69, 9.17) is 4.74 Å². The SMILES string of the molecule is CCNC(=O)N1C[C@H](Oc2ccccn2)[C@H]2C[C@@H]1Cc1c2[nH]c2ccccc12. The first kappa shape index (κ1) is 17.1. The number of nitrogens with zero attached hydrogens (tertiary/aromatic N) is 2. The molecule has 1 aromatic carbocycles. The lowest BCUT2D eigenvalue weighted by Crippen LogP contribution is -2.58. The number of aromatic amines is 1. The first-order valence-electron chi connectivity index (χ1n) is 9.96. The lowest BCUT2D eigenvalue weighted by atomic mass is 9.76. The molecule has 6 heteroatoms. The standard InChI is InChI=1S/C22H24N4O2/c1-2-23-22(27)26-13-19(28-20-9-5-6-10-24-20)17-12-14(26)11-16-15-7-3-4-8-18(15)25-21(16)17/h3-10,14,17,19,25H,2,11-13H2,1H3,(H,23,27)/t14-,17+,19-/m0/s1. The van der Waals surface area contributed by atoms with Crippen LogP contribution in [0.4, 0.5) is 4.79 Å². The quantitative estimate of drug-likeness (QED) is 0.735. The molecule has 5 rings (SSSR count). The van der Waals surface area contributed by atoms with Crippen molar-refractivity contribution in [2.75, 3.05) is 13.1 Å². The van der Waals surface area contributed by atoms with E-state index in [1.54, 1.807) is 6.20 Å². The summed E-state index contributed by atoms with van der Waals surface area (Å²) in [6, 6.07) is 14.3. The second-order valence-corrected chi connectivity index (χ2v) is 7.58. The van der Waals surface area contributed by atoms with Crippen LogP contribution in [0.3, 0.4) is 0 Å². The Labute approximate surface area is 163 Å². The molecule has 2 amide bonds. The van der Waals surface area contributed by atoms with Gasteiger partial charge >= 0.3 is 6.03 Å². The zero-order valence-electron chi connectivity index (χ0n) is 15.9. The van der Waals surface area contributed by atoms with Crippen LogP contribution >= 0.6 is 0 Å². The summed E-state index contributed by atoms with van der Waals surface area (Å²) in [4.78, 5) is 22.7. The molecule has 3 aromatic rings. The normalized spacial score (nSPS) is 23.3. The van der Waals surface area contributed by atoms with Crippen molar-refractivity contribution in [3.8, 4) is 5.88 Å². The Morgan fingerprint density at radius 1 is 1.29 bits per heavy atom. The van der Waals surface area contributed by atoms with Crippen molar-refractivity contribution in [2.45, 2.75) is 37.8 Å². The maximum atomic E-state index is 12.7. The second kappa shape index (κ2) is 6.86. The minimum atomic E-state index is -0.138. The molecule has 28 heavy (non-hydrogen) atoms. The Hall–Kier alpha value is -3.02. The maximum Gasteiger partial charge on any atom is 0.317 e. The van der Waals surface area contributed by atoms with Gasteiger partial charge in [-0.15, -0.1) is 0 Å². The van der Waals surface area contributed by atoms with E-state index in [9.17, 15) is 4.79 Å². The highest BCUT2D eigenvalue weighted by molar-refractivity contribution is 5.85. The number of benzene rings is 1. The number of amides is 2. The third kappa shape index (κ3) is 2.80. The Balaban J connectivity index is 1.56. The molecule has 1 fully saturated rings. The molecular formula is C22H24N4O2. The topological polar surface area (TPSA) is 70.2 Å². The van der Waals surface area contributed by atoms with E-state index >= 15 is 0 Å². The minimum Gasteiger partial charge on any atom is -0.472 e. The molecule has 0 radical (unpaired) electrons. The molecule has 3 atom stereocenters. The summed E-state index contributed by atoms with van der Waals surface area (Å²) >= 11 is 0. The van der Waals surface area contributed by atoms with Crippen LogP contribution in [-0.2, 0) is 6.42 Å². The minimum absolute atomic E-state index is 0.0103. The van der Waals surface area contributed by atoms with E-state index in [2.05, 4.69) is 39.6 Å². The van der Waals surface area contributed by atoms with Gasteiger partial charge in [0.2, 0.25) is 5.88 Å². The molecule has 144 valence electrons. The van der Waals surface area contributed by atoms with Crippen molar-refractivity contribution in [1.82, 2.24) is 20.2 Å². The number of aromatic nitrogens is 2. The van der Waals surface area contributed by atoms with Gasteiger partial charge in [0.1, 0.15) is 6.10 Å². The van der Waals surface area contributed by atoms with Gasteiger partial charge in [-0.2, -0.15) is 0 Å². The number of carbonyl (C=O) groups excluding carboxylic acids is 1. The summed E-state index contributed by atoms with van der Waals surface area (Å²) in [5.41, 5.74) is 3.73. The van der Waals surface area contributed by atoms with Crippen molar-refractivity contribution in [1.29, 1.82) is 0 Å². The third-order valence-corrected chi connectivity index (χ3v) is 5.95. The van der Waals surface area contributed by atoms with Crippen molar-refractivity contribution >= 4 is 16.9 Å². The summed E-state index contributed by atoms with van der Waals surface area (Å²) in [7, 11) is 0. The molecule has 2 aromatic heterocycles. The van der Waals surface area contributed by atoms with E-state index < -0.39 is 0 Å². The van der Waals surface area contributed by atoms with Crippen LogP contribution in [0.25, 0.3) is 10.9 Å². The zero-order valence-corrected chi connectivity index (χ0v) is 15.9. The Kier molecular flexibility index (Phi) is 4.19. The highest BCUT2D eigenvalue weighted by Crippen LogP contribution is 2.43. The number of hydrogen-bond donors (Lipinski definition) is 2. The van der Waals surface area contributed by atoms with Crippen LogP contribution in [-0.4, -0.2) is 46.1 Å². The number of urea groups is 1. The van der Waals surface area contributed by atoms with Crippen molar-refractivity contribution in [3.05, 3.63) is 59.9 Å². The number of nitrogens with one attached hydrogen (secondary N) is 2. The van der Waals surface area contributed by atoms with Gasteiger partial charge in [0, 0.05) is 47.4 Å². The van der Waals surface area contributed by atoms with Gasteiger partial charge in [-0.3, -0.25) is 0 Å². The number of pyridine rings is 1. The maximum absolute atomic E-state index is 12.7. The molecule has 1 aliphatic heterocycles. The second-order valence-electron chi connectivity index (χ2n) is 7.58. The third-order valence-electron chi connectivity index (χ3n) is 5.95. The number of H-pyrrole nitrogens is 1. The first-order valence-corrected chi connectivity index (χ1v) is 9.96. The molecule has 2 N–H and O–H groups in total. The molecular weight excluding hydrogens is 352 g/mol. The predicted molar refractivity (Wildman–Crippen MR) is 108 cm³/mol. The summed E-state index contributed by atoms with van der Waals surface area (Å²) in [5.74, 6) is 0.818. The van der Waals surface area contributed by atoms with Crippen LogP contribution in [0.5, 0.6) is 5.88 Å². The van der Waals surface area contributed by atoms with Crippen LogP contribution in [0.2, 0.25) is 0 Å². The van der Waals surface area contributed by atoms with Gasteiger partial charge in [-0.25, -0.2) is 9.78 Å². The van der Waals surface area contributed by atoms with E-state index in [-0.39, 0.29) is 24.1 Å². The van der Waals surface area contributed by atoms with Gasteiger partial charge < -0.3 is 19.9 Å². The number of carbonyl (C=O) groups is 1. The van der Waals surface area contributed by atoms with E-state index in [1.165, 1.54) is 16.6 Å². The first-order chi connectivity index (χ1) is 13.7. The number of rotatable bonds is 3. The number of likely N-dealkylation sites (tertiary alicyclic amines) is 1. The lowest BCUT2D eigenvalue weighted by Gasteiger charge is -2.46. The van der Waals surface area contributed by atoms with E-state index in [0.29, 0.717) is 19.0 Å². The smallest absolute Gasteiger partial charge is 0.317 e. The number of para-hydroxylation sites is 1. The number of fused-ring (bicyclic) bond motifs is 6. The highest BCUT2D eigenvalue weighted by Gasteiger charge is 2.45. The van der Waals surface area contributed by atoms with Crippen LogP contribution in [0.15, 0.2) is 48.7 Å². The Morgan fingerprint density at radius 3 is 2.96 bits per heavy atom. The zero-order chi connectivity index (χ0) is 19.1. The van der Waals surface area contributed by atoms with E-state index in [1.807, 2.05) is 30.0 Å². The molecule has 1 saturated heterocycles. The van der Waals surface area contributed by atoms with Gasteiger partial charge in [0.05, 0.1) is 6.54 Å². The fourth-order valence-corrected chi connectivity index (χ4v) is 4.73. The lowest BCUT2D eigenvalue weighted by molar-refractivity contribution is 0.0419. The van der Waals surface area contributed by atoms with Gasteiger partial charge in [0.15, 0.2) is 0 Å². The monoisotopic (exact) mass is 376 g/mol. The molecule has 3 heterocycles. The average molecular weight is 376 g/mol. The largest absolute Gasteiger partial charge is 0.472 e. The van der Waals surface area contributed by atoms with Crippen molar-refractivity contribution in [2.24, 2.45) is 0 Å². The van der Waals surface area contributed by atoms with Crippen molar-refractivity contribution < 1.29 is 9.53 Å². The molecule has 2 bridgehead atoms. The summed E-state index contributed by atoms with van der Waals surface area (Å²) in [6.07, 6.45) is 3.37. The molecule has 0 unspecified atom stereocenters. The highest BCUT2D eigenvalue weighted by atomic mass is 16.5.